The van der Waals surface area contributed by atoms with Crippen molar-refractivity contribution in [2.24, 2.45) is 11.7 Å². The van der Waals surface area contributed by atoms with Gasteiger partial charge in [-0.05, 0) is 55.1 Å². The minimum Gasteiger partial charge on any atom is -0.340 e. The lowest BCUT2D eigenvalue weighted by Gasteiger charge is -2.37. The first kappa shape index (κ1) is 22.7. The van der Waals surface area contributed by atoms with Gasteiger partial charge in [0.1, 0.15) is 5.82 Å². The molecule has 4 nitrogen and oxygen atoms in total. The van der Waals surface area contributed by atoms with Crippen molar-refractivity contribution < 1.29 is 9.18 Å². The van der Waals surface area contributed by atoms with E-state index in [2.05, 4.69) is 29.2 Å². The van der Waals surface area contributed by atoms with Gasteiger partial charge in [-0.2, -0.15) is 0 Å². The highest BCUT2D eigenvalue weighted by Crippen LogP contribution is 2.33. The van der Waals surface area contributed by atoms with Crippen molar-refractivity contribution in [1.29, 1.82) is 0 Å². The average Bonchev–Trinajstić information content (AvgIpc) is 3.20. The molecule has 2 aromatic rings. The molecule has 1 unspecified atom stereocenters. The molecule has 2 aliphatic heterocycles. The third-order valence-corrected chi connectivity index (χ3v) is 6.48. The molecule has 30 heavy (non-hydrogen) atoms. The normalized spacial score (nSPS) is 24.5. The van der Waals surface area contributed by atoms with Crippen molar-refractivity contribution in [1.82, 2.24) is 9.80 Å². The molecule has 6 heteroatoms. The van der Waals surface area contributed by atoms with Gasteiger partial charge in [0.2, 0.25) is 5.91 Å². The molecule has 4 rings (SSSR count). The van der Waals surface area contributed by atoms with Crippen molar-refractivity contribution in [2.45, 2.75) is 37.8 Å². The number of carbonyl (C=O) groups is 1. The first-order chi connectivity index (χ1) is 14.2. The van der Waals surface area contributed by atoms with E-state index >= 15 is 0 Å². The summed E-state index contributed by atoms with van der Waals surface area (Å²) in [6.07, 6.45) is 3.06. The van der Waals surface area contributed by atoms with Gasteiger partial charge in [-0.25, -0.2) is 4.39 Å². The Balaban J connectivity index is 0.00000256. The maximum absolute atomic E-state index is 13.5. The number of nitrogens with zero attached hydrogens (tertiary/aromatic N) is 2. The Hall–Kier alpha value is -1.95. The van der Waals surface area contributed by atoms with Crippen molar-refractivity contribution in [3.63, 3.8) is 0 Å². The van der Waals surface area contributed by atoms with Crippen LogP contribution in [0.1, 0.15) is 36.3 Å². The van der Waals surface area contributed by atoms with E-state index < -0.39 is 0 Å². The summed E-state index contributed by atoms with van der Waals surface area (Å²) in [4.78, 5) is 17.8. The van der Waals surface area contributed by atoms with Gasteiger partial charge in [0, 0.05) is 25.6 Å². The van der Waals surface area contributed by atoms with Crippen LogP contribution in [-0.4, -0.2) is 47.9 Å². The predicted molar refractivity (Wildman–Crippen MR) is 120 cm³/mol. The molecular weight excluding hydrogens is 401 g/mol. The number of benzene rings is 2. The van der Waals surface area contributed by atoms with E-state index in [1.807, 2.05) is 23.1 Å². The Morgan fingerprint density at radius 1 is 1.03 bits per heavy atom. The lowest BCUT2D eigenvalue weighted by molar-refractivity contribution is -0.137. The summed E-state index contributed by atoms with van der Waals surface area (Å²) in [7, 11) is 0. The van der Waals surface area contributed by atoms with Crippen molar-refractivity contribution >= 4 is 18.3 Å². The van der Waals surface area contributed by atoms with E-state index in [0.29, 0.717) is 24.9 Å². The number of amides is 1. The topological polar surface area (TPSA) is 49.6 Å². The van der Waals surface area contributed by atoms with Crippen LogP contribution >= 0.6 is 12.4 Å². The summed E-state index contributed by atoms with van der Waals surface area (Å²) >= 11 is 0. The van der Waals surface area contributed by atoms with Gasteiger partial charge in [-0.1, -0.05) is 48.9 Å². The van der Waals surface area contributed by atoms with Crippen molar-refractivity contribution in [3.8, 4) is 0 Å². The molecule has 0 spiro atoms. The maximum Gasteiger partial charge on any atom is 0.239 e. The smallest absolute Gasteiger partial charge is 0.239 e. The minimum atomic E-state index is -0.225. The number of rotatable bonds is 5. The van der Waals surface area contributed by atoms with Gasteiger partial charge in [-0.3, -0.25) is 9.69 Å². The van der Waals surface area contributed by atoms with E-state index in [1.54, 1.807) is 0 Å². The average molecular weight is 432 g/mol. The molecule has 0 saturated carbocycles. The van der Waals surface area contributed by atoms with E-state index in [1.165, 1.54) is 17.7 Å². The molecule has 0 bridgehead atoms. The van der Waals surface area contributed by atoms with Crippen molar-refractivity contribution in [2.75, 3.05) is 26.2 Å². The number of carbonyl (C=O) groups excluding carboxylic acids is 1. The van der Waals surface area contributed by atoms with Crippen LogP contribution in [-0.2, 0) is 11.3 Å². The van der Waals surface area contributed by atoms with Crippen LogP contribution in [0.25, 0.3) is 0 Å². The zero-order valence-corrected chi connectivity index (χ0v) is 18.1. The van der Waals surface area contributed by atoms with E-state index in [9.17, 15) is 9.18 Å². The zero-order chi connectivity index (χ0) is 20.2. The summed E-state index contributed by atoms with van der Waals surface area (Å²) in [6, 6.07) is 16.9. The molecule has 0 radical (unpaired) electrons. The van der Waals surface area contributed by atoms with E-state index in [4.69, 9.17) is 5.73 Å². The number of hydrogen-bond acceptors (Lipinski definition) is 3. The van der Waals surface area contributed by atoms with Crippen LogP contribution < -0.4 is 5.73 Å². The number of halogens is 2. The van der Waals surface area contributed by atoms with Gasteiger partial charge in [0.15, 0.2) is 0 Å². The van der Waals surface area contributed by atoms with Crippen LogP contribution in [0.4, 0.5) is 4.39 Å². The summed E-state index contributed by atoms with van der Waals surface area (Å²) in [5, 5.41) is 0. The maximum atomic E-state index is 13.5. The molecule has 2 saturated heterocycles. The Labute approximate surface area is 184 Å². The lowest BCUT2D eigenvalue weighted by Crippen LogP contribution is -2.50. The zero-order valence-electron chi connectivity index (χ0n) is 17.3. The number of hydrogen-bond donors (Lipinski definition) is 1. The van der Waals surface area contributed by atoms with Gasteiger partial charge in [-0.15, -0.1) is 12.4 Å². The highest BCUT2D eigenvalue weighted by molar-refractivity contribution is 5.85. The van der Waals surface area contributed by atoms with Crippen LogP contribution in [0.15, 0.2) is 54.6 Å². The molecule has 0 aliphatic carbocycles. The van der Waals surface area contributed by atoms with Crippen molar-refractivity contribution in [3.05, 3.63) is 71.5 Å². The second kappa shape index (κ2) is 10.4. The van der Waals surface area contributed by atoms with Gasteiger partial charge in [0.05, 0.1) is 6.04 Å². The summed E-state index contributed by atoms with van der Waals surface area (Å²) in [5.74, 6) is 0.607. The molecule has 162 valence electrons. The highest BCUT2D eigenvalue weighted by atomic mass is 35.5. The van der Waals surface area contributed by atoms with E-state index in [-0.39, 0.29) is 30.2 Å². The van der Waals surface area contributed by atoms with Crippen LogP contribution in [0.2, 0.25) is 0 Å². The molecule has 2 fully saturated rings. The Bertz CT molecular complexity index is 817. The largest absolute Gasteiger partial charge is 0.340 e. The molecule has 2 aromatic carbocycles. The highest BCUT2D eigenvalue weighted by Gasteiger charge is 2.39. The fourth-order valence-corrected chi connectivity index (χ4v) is 4.86. The molecule has 3 atom stereocenters. The molecule has 2 aliphatic rings. The Morgan fingerprint density at radius 2 is 1.77 bits per heavy atom. The van der Waals surface area contributed by atoms with Gasteiger partial charge >= 0.3 is 0 Å². The van der Waals surface area contributed by atoms with Gasteiger partial charge < -0.3 is 10.6 Å². The summed E-state index contributed by atoms with van der Waals surface area (Å²) < 4.78 is 13.2. The fraction of sp³-hybridized carbons (Fsp3) is 0.458. The molecule has 0 aromatic heterocycles. The summed E-state index contributed by atoms with van der Waals surface area (Å²) in [6.45, 7) is 3.66. The Kier molecular flexibility index (Phi) is 7.87. The SMILES string of the molecule is Cl.NC[C@@H]1CN(C(=O)C2CCCCN2Cc2ccc(F)cc2)C[C@H]1c1ccccc1. The second-order valence-corrected chi connectivity index (χ2v) is 8.36. The lowest BCUT2D eigenvalue weighted by atomic mass is 9.89. The molecule has 2 N–H and O–H groups in total. The quantitative estimate of drug-likeness (QED) is 0.783. The Morgan fingerprint density at radius 3 is 2.47 bits per heavy atom. The molecular formula is C24H31ClFN3O. The first-order valence-electron chi connectivity index (χ1n) is 10.7. The predicted octanol–water partition coefficient (Wildman–Crippen LogP) is 3.80. The third-order valence-electron chi connectivity index (χ3n) is 6.48. The van der Waals surface area contributed by atoms with Gasteiger partial charge in [0.25, 0.3) is 0 Å². The summed E-state index contributed by atoms with van der Waals surface area (Å²) in [5.41, 5.74) is 8.38. The third kappa shape index (κ3) is 5.02. The minimum absolute atomic E-state index is 0. The van der Waals surface area contributed by atoms with Crippen LogP contribution in [0, 0.1) is 11.7 Å². The number of likely N-dealkylation sites (tertiary alicyclic amines) is 2. The van der Waals surface area contributed by atoms with Crippen LogP contribution in [0.3, 0.4) is 0 Å². The molecule has 2 heterocycles. The standard InChI is InChI=1S/C24H30FN3O.ClH/c25-21-11-9-18(10-12-21)15-27-13-5-4-8-23(27)24(29)28-16-20(14-26)22(17-28)19-6-2-1-3-7-19;/h1-3,6-7,9-12,20,22-23H,4-5,8,13-17,26H2;1H/t20-,22+,23?;/m1./s1. The second-order valence-electron chi connectivity index (χ2n) is 8.36. The molecule has 1 amide bonds. The first-order valence-corrected chi connectivity index (χ1v) is 10.7. The number of nitrogens with two attached hydrogens (primary N) is 1. The fourth-order valence-electron chi connectivity index (χ4n) is 4.86. The monoisotopic (exact) mass is 431 g/mol. The number of piperidine rings is 1. The van der Waals surface area contributed by atoms with E-state index in [0.717, 1.165) is 44.5 Å². The van der Waals surface area contributed by atoms with Crippen LogP contribution in [0.5, 0.6) is 0 Å².